The molecule has 2 N–H and O–H groups in total. The molecule has 0 unspecified atom stereocenters. The molecule has 0 aliphatic rings. The highest BCUT2D eigenvalue weighted by Crippen LogP contribution is 2.26. The zero-order chi connectivity index (χ0) is 15.0. The Balaban J connectivity index is 2.25. The highest BCUT2D eigenvalue weighted by Gasteiger charge is 2.35. The molecule has 0 spiro atoms. The molecule has 0 amide bonds. The van der Waals surface area contributed by atoms with Crippen molar-refractivity contribution < 1.29 is 21.6 Å². The largest absolute Gasteiger partial charge is 0.451 e. The summed E-state index contributed by atoms with van der Waals surface area (Å²) in [5.41, 5.74) is 0.848. The first-order valence-corrected chi connectivity index (χ1v) is 6.76. The molecule has 2 rings (SSSR count). The van der Waals surface area contributed by atoms with Crippen LogP contribution in [0.25, 0.3) is 0 Å². The summed E-state index contributed by atoms with van der Waals surface area (Å²) in [5.74, 6) is -2.04. The van der Waals surface area contributed by atoms with Crippen molar-refractivity contribution in [1.29, 1.82) is 0 Å². The van der Waals surface area contributed by atoms with Crippen LogP contribution in [-0.2, 0) is 16.2 Å². The van der Waals surface area contributed by atoms with Crippen LogP contribution in [0, 0.1) is 6.92 Å². The lowest BCUT2D eigenvalue weighted by molar-refractivity contribution is -0.144. The molecule has 0 fully saturated rings. The van der Waals surface area contributed by atoms with Crippen LogP contribution in [0.2, 0.25) is 0 Å². The number of benzene rings is 1. The normalized spacial score (nSPS) is 12.4. The Morgan fingerprint density at radius 1 is 1.20 bits per heavy atom. The molecule has 1 aromatic heterocycles. The van der Waals surface area contributed by atoms with Gasteiger partial charge in [0, 0.05) is 0 Å². The monoisotopic (exact) mass is 306 g/mol. The fraction of sp³-hybridized carbons (Fsp3) is 0.200. The Morgan fingerprint density at radius 2 is 1.80 bits per heavy atom. The molecule has 0 radical (unpaired) electrons. The molecule has 0 saturated carbocycles. The highest BCUT2D eigenvalue weighted by molar-refractivity contribution is 7.92. The number of nitrogens with one attached hydrogen (secondary N) is 2. The second-order valence-electron chi connectivity index (χ2n) is 3.92. The van der Waals surface area contributed by atoms with Gasteiger partial charge in [-0.25, -0.2) is 13.1 Å². The van der Waals surface area contributed by atoms with Gasteiger partial charge in [-0.05, 0) is 19.1 Å². The third-order valence-corrected chi connectivity index (χ3v) is 3.65. The third-order valence-electron chi connectivity index (χ3n) is 2.31. The molecule has 0 bridgehead atoms. The number of rotatable bonds is 3. The summed E-state index contributed by atoms with van der Waals surface area (Å²) in [6.07, 6.45) is -4.72. The van der Waals surface area contributed by atoms with Crippen molar-refractivity contribution in [3.05, 3.63) is 35.7 Å². The Labute approximate surface area is 112 Å². The minimum absolute atomic E-state index is 0.0959. The van der Waals surface area contributed by atoms with Crippen molar-refractivity contribution in [3.63, 3.8) is 0 Å². The summed E-state index contributed by atoms with van der Waals surface area (Å²) in [7, 11) is -4.02. The predicted octanol–water partition coefficient (Wildman–Crippen LogP) is 1.93. The van der Waals surface area contributed by atoms with Crippen molar-refractivity contribution in [2.45, 2.75) is 18.0 Å². The highest BCUT2D eigenvalue weighted by atomic mass is 32.2. The topological polar surface area (TPSA) is 87.7 Å². The second-order valence-corrected chi connectivity index (χ2v) is 5.61. The van der Waals surface area contributed by atoms with Crippen LogP contribution in [0.1, 0.15) is 11.4 Å². The zero-order valence-corrected chi connectivity index (χ0v) is 10.9. The molecule has 6 nitrogen and oxygen atoms in total. The smallest absolute Gasteiger partial charge is 0.253 e. The molecule has 0 aliphatic heterocycles. The van der Waals surface area contributed by atoms with Crippen molar-refractivity contribution in [1.82, 2.24) is 15.2 Å². The molecular formula is C10H9F3N4O2S. The molecule has 1 aromatic carbocycles. The number of aromatic amines is 1. The van der Waals surface area contributed by atoms with Crippen LogP contribution in [0.4, 0.5) is 19.1 Å². The van der Waals surface area contributed by atoms with Crippen LogP contribution in [-0.4, -0.2) is 23.6 Å². The van der Waals surface area contributed by atoms with Gasteiger partial charge < -0.3 is 0 Å². The van der Waals surface area contributed by atoms with Crippen molar-refractivity contribution >= 4 is 16.0 Å². The zero-order valence-electron chi connectivity index (χ0n) is 10.1. The van der Waals surface area contributed by atoms with Crippen LogP contribution >= 0.6 is 0 Å². The predicted molar refractivity (Wildman–Crippen MR) is 63.4 cm³/mol. The lowest BCUT2D eigenvalue weighted by Gasteiger charge is -2.04. The summed E-state index contributed by atoms with van der Waals surface area (Å²) in [4.78, 5) is 2.93. The van der Waals surface area contributed by atoms with Crippen molar-refractivity contribution in [2.75, 3.05) is 4.72 Å². The van der Waals surface area contributed by atoms with Gasteiger partial charge in [0.05, 0.1) is 4.90 Å². The van der Waals surface area contributed by atoms with Crippen LogP contribution in [0.15, 0.2) is 29.2 Å². The first-order chi connectivity index (χ1) is 9.18. The van der Waals surface area contributed by atoms with E-state index in [9.17, 15) is 21.6 Å². The minimum Gasteiger partial charge on any atom is -0.253 e. The summed E-state index contributed by atoms with van der Waals surface area (Å²) < 4.78 is 62.5. The summed E-state index contributed by atoms with van der Waals surface area (Å²) in [5, 5.41) is 4.78. The Bertz CT molecular complexity index is 707. The number of hydrogen-bond acceptors (Lipinski definition) is 4. The van der Waals surface area contributed by atoms with Crippen LogP contribution < -0.4 is 4.72 Å². The quantitative estimate of drug-likeness (QED) is 0.907. The number of alkyl halides is 3. The molecule has 0 aliphatic carbocycles. The molecule has 1 heterocycles. The Morgan fingerprint density at radius 3 is 2.30 bits per heavy atom. The number of anilines is 1. The number of aromatic nitrogens is 3. The van der Waals surface area contributed by atoms with Gasteiger partial charge in [0.15, 0.2) is 0 Å². The van der Waals surface area contributed by atoms with Gasteiger partial charge in [-0.3, -0.25) is 5.10 Å². The van der Waals surface area contributed by atoms with Gasteiger partial charge in [0.2, 0.25) is 5.82 Å². The first-order valence-electron chi connectivity index (χ1n) is 5.27. The average molecular weight is 306 g/mol. The second kappa shape index (κ2) is 4.78. The molecule has 20 heavy (non-hydrogen) atoms. The maximum Gasteiger partial charge on any atom is 0.451 e. The first kappa shape index (κ1) is 14.3. The number of sulfonamides is 1. The van der Waals surface area contributed by atoms with E-state index in [0.717, 1.165) is 5.56 Å². The van der Waals surface area contributed by atoms with Crippen LogP contribution in [0.3, 0.4) is 0 Å². The Kier molecular flexibility index (Phi) is 3.42. The van der Waals surface area contributed by atoms with E-state index >= 15 is 0 Å². The van der Waals surface area contributed by atoms with Gasteiger partial charge in [0.25, 0.3) is 16.0 Å². The van der Waals surface area contributed by atoms with Gasteiger partial charge in [-0.1, -0.05) is 17.7 Å². The lowest BCUT2D eigenvalue weighted by Crippen LogP contribution is -2.14. The molecular weight excluding hydrogens is 297 g/mol. The van der Waals surface area contributed by atoms with Gasteiger partial charge in [-0.2, -0.15) is 18.2 Å². The third kappa shape index (κ3) is 3.07. The summed E-state index contributed by atoms with van der Waals surface area (Å²) in [6.45, 7) is 1.77. The van der Waals surface area contributed by atoms with Gasteiger partial charge >= 0.3 is 6.18 Å². The fourth-order valence-corrected chi connectivity index (χ4v) is 2.27. The summed E-state index contributed by atoms with van der Waals surface area (Å²) in [6, 6.07) is 5.78. The van der Waals surface area contributed by atoms with E-state index in [1.807, 2.05) is 4.72 Å². The van der Waals surface area contributed by atoms with Crippen molar-refractivity contribution in [3.8, 4) is 0 Å². The number of halogens is 3. The van der Waals surface area contributed by atoms with E-state index in [0.29, 0.717) is 0 Å². The molecule has 10 heteroatoms. The maximum atomic E-state index is 12.3. The standard InChI is InChI=1S/C10H9F3N4O2S/c1-6-2-4-7(5-3-6)20(18,19)17-9-14-8(15-16-9)10(11,12)13/h2-5H,1H3,(H2,14,15,16,17). The van der Waals surface area contributed by atoms with Gasteiger partial charge in [0.1, 0.15) is 0 Å². The van der Waals surface area contributed by atoms with E-state index in [1.165, 1.54) is 12.1 Å². The number of nitrogens with zero attached hydrogens (tertiary/aromatic N) is 2. The SMILES string of the molecule is Cc1ccc(S(=O)(=O)Nc2n[nH]c(C(F)(F)F)n2)cc1. The van der Waals surface area contributed by atoms with Gasteiger partial charge in [-0.15, -0.1) is 5.10 Å². The molecule has 2 aromatic rings. The lowest BCUT2D eigenvalue weighted by atomic mass is 10.2. The number of H-pyrrole nitrogens is 1. The van der Waals surface area contributed by atoms with E-state index in [4.69, 9.17) is 0 Å². The minimum atomic E-state index is -4.72. The van der Waals surface area contributed by atoms with Crippen LogP contribution in [0.5, 0.6) is 0 Å². The summed E-state index contributed by atoms with van der Waals surface area (Å²) >= 11 is 0. The number of aryl methyl sites for hydroxylation is 1. The van der Waals surface area contributed by atoms with E-state index in [2.05, 4.69) is 10.1 Å². The molecule has 108 valence electrons. The molecule has 0 atom stereocenters. The fourth-order valence-electron chi connectivity index (χ4n) is 1.33. The Hall–Kier alpha value is -2.10. The molecule has 0 saturated heterocycles. The average Bonchev–Trinajstić information content (AvgIpc) is 2.77. The van der Waals surface area contributed by atoms with E-state index in [1.54, 1.807) is 24.2 Å². The maximum absolute atomic E-state index is 12.3. The van der Waals surface area contributed by atoms with E-state index < -0.39 is 28.0 Å². The van der Waals surface area contributed by atoms with E-state index in [-0.39, 0.29) is 4.90 Å². The van der Waals surface area contributed by atoms with Crippen molar-refractivity contribution in [2.24, 2.45) is 0 Å². The number of hydrogen-bond donors (Lipinski definition) is 2.